The Labute approximate surface area is 181 Å². The molecule has 2 aromatic carbocycles. The van der Waals surface area contributed by atoms with Crippen molar-refractivity contribution in [3.63, 3.8) is 0 Å². The monoisotopic (exact) mass is 410 g/mol. The van der Waals surface area contributed by atoms with Crippen LogP contribution in [0.25, 0.3) is 0 Å². The summed E-state index contributed by atoms with van der Waals surface area (Å²) >= 11 is 0. The predicted octanol–water partition coefficient (Wildman–Crippen LogP) is 5.35. The number of benzene rings is 2. The molecule has 1 aliphatic heterocycles. The highest BCUT2D eigenvalue weighted by atomic mass is 16.5. The Bertz CT molecular complexity index is 1180. The smallest absolute Gasteiger partial charge is 0.344 e. The van der Waals surface area contributed by atoms with Crippen LogP contribution in [0.5, 0.6) is 0 Å². The summed E-state index contributed by atoms with van der Waals surface area (Å²) in [4.78, 5) is 34.1. The molecule has 1 unspecified atom stereocenters. The van der Waals surface area contributed by atoms with E-state index in [1.165, 1.54) is 6.20 Å². The molecular weight excluding hydrogens is 388 g/mol. The first-order valence-electron chi connectivity index (χ1n) is 10.1. The maximum absolute atomic E-state index is 12.9. The molecule has 0 radical (unpaired) electrons. The van der Waals surface area contributed by atoms with Gasteiger partial charge in [-0.25, -0.2) is 4.79 Å². The molecule has 5 heteroatoms. The third-order valence-corrected chi connectivity index (χ3v) is 5.22. The van der Waals surface area contributed by atoms with Crippen LogP contribution < -0.4 is 0 Å². The highest BCUT2D eigenvalue weighted by Crippen LogP contribution is 2.36. The van der Waals surface area contributed by atoms with Crippen LogP contribution in [0.15, 0.2) is 95.6 Å². The molecule has 0 aliphatic carbocycles. The number of carbonyl (C=O) groups excluding carboxylic acids is 2. The van der Waals surface area contributed by atoms with Gasteiger partial charge in [-0.2, -0.15) is 0 Å². The summed E-state index contributed by atoms with van der Waals surface area (Å²) in [6.45, 7) is 3.79. The number of hydrogen-bond acceptors (Lipinski definition) is 5. The Morgan fingerprint density at radius 2 is 1.65 bits per heavy atom. The van der Waals surface area contributed by atoms with E-state index in [1.807, 2.05) is 50.2 Å². The van der Waals surface area contributed by atoms with E-state index in [0.29, 0.717) is 34.6 Å². The van der Waals surface area contributed by atoms with Gasteiger partial charge in [0.05, 0.1) is 11.3 Å². The van der Waals surface area contributed by atoms with Crippen molar-refractivity contribution < 1.29 is 14.3 Å². The molecule has 0 fully saturated rings. The predicted molar refractivity (Wildman–Crippen MR) is 119 cm³/mol. The summed E-state index contributed by atoms with van der Waals surface area (Å²) < 4.78 is 5.80. The van der Waals surface area contributed by atoms with Crippen LogP contribution in [-0.4, -0.2) is 22.4 Å². The average Bonchev–Trinajstić information content (AvgIpc) is 2.81. The van der Waals surface area contributed by atoms with E-state index in [4.69, 9.17) is 4.74 Å². The Morgan fingerprint density at radius 3 is 2.39 bits per heavy atom. The maximum atomic E-state index is 12.9. The molecule has 0 amide bonds. The first kappa shape index (κ1) is 20.4. The number of carbonyl (C=O) groups is 2. The minimum absolute atomic E-state index is 0.0433. The number of ether oxygens (including phenoxy) is 1. The lowest BCUT2D eigenvalue weighted by molar-refractivity contribution is 0.0598. The summed E-state index contributed by atoms with van der Waals surface area (Å²) in [6.07, 6.45) is 3.69. The van der Waals surface area contributed by atoms with E-state index in [0.717, 1.165) is 11.3 Å². The lowest BCUT2D eigenvalue weighted by atomic mass is 9.87. The van der Waals surface area contributed by atoms with Gasteiger partial charge in [0.15, 0.2) is 5.78 Å². The SMILES string of the molecule is CC1=NC(C)=C(OC(=O)c2cccnc2)C(c2cccc(C(=O)c3ccccc3)c2)C1. The van der Waals surface area contributed by atoms with Crippen molar-refractivity contribution in [2.24, 2.45) is 4.99 Å². The van der Waals surface area contributed by atoms with Crippen molar-refractivity contribution in [1.82, 2.24) is 4.98 Å². The summed E-state index contributed by atoms with van der Waals surface area (Å²) in [7, 11) is 0. The Hall–Kier alpha value is -3.86. The van der Waals surface area contributed by atoms with E-state index in [9.17, 15) is 9.59 Å². The number of aromatic nitrogens is 1. The minimum atomic E-state index is -0.473. The fourth-order valence-corrected chi connectivity index (χ4v) is 3.74. The summed E-state index contributed by atoms with van der Waals surface area (Å²) in [5.74, 6) is -0.220. The molecule has 1 aromatic heterocycles. The highest BCUT2D eigenvalue weighted by molar-refractivity contribution is 6.09. The average molecular weight is 410 g/mol. The van der Waals surface area contributed by atoms with Crippen molar-refractivity contribution in [1.29, 1.82) is 0 Å². The lowest BCUT2D eigenvalue weighted by Gasteiger charge is -2.25. The molecule has 1 aliphatic rings. The zero-order valence-corrected chi connectivity index (χ0v) is 17.4. The largest absolute Gasteiger partial charge is 0.425 e. The third-order valence-electron chi connectivity index (χ3n) is 5.22. The molecule has 0 saturated heterocycles. The molecule has 0 saturated carbocycles. The van der Waals surface area contributed by atoms with Gasteiger partial charge in [0, 0.05) is 35.2 Å². The molecule has 2 heterocycles. The quantitative estimate of drug-likeness (QED) is 0.420. The Kier molecular flexibility index (Phi) is 5.85. The lowest BCUT2D eigenvalue weighted by Crippen LogP contribution is -2.19. The number of pyridine rings is 1. The number of nitrogens with zero attached hydrogens (tertiary/aromatic N) is 2. The summed E-state index contributed by atoms with van der Waals surface area (Å²) in [6, 6.07) is 20.0. The second kappa shape index (κ2) is 8.88. The van der Waals surface area contributed by atoms with Crippen molar-refractivity contribution in [3.8, 4) is 0 Å². The fraction of sp³-hybridized carbons (Fsp3) is 0.154. The van der Waals surface area contributed by atoms with E-state index in [2.05, 4.69) is 9.98 Å². The van der Waals surface area contributed by atoms with Gasteiger partial charge in [-0.15, -0.1) is 0 Å². The molecule has 5 nitrogen and oxygen atoms in total. The standard InChI is InChI=1S/C26H22N2O3/c1-17-14-23(25(18(2)28-17)31-26(30)22-12-7-13-27-16-22)20-10-6-11-21(15-20)24(29)19-8-4-3-5-9-19/h3-13,15-16,23H,14H2,1-2H3. The van der Waals surface area contributed by atoms with Crippen LogP contribution in [0, 0.1) is 0 Å². The van der Waals surface area contributed by atoms with Gasteiger partial charge < -0.3 is 4.74 Å². The molecule has 154 valence electrons. The number of allylic oxidation sites excluding steroid dienone is 2. The van der Waals surface area contributed by atoms with Crippen molar-refractivity contribution in [3.05, 3.63) is 113 Å². The van der Waals surface area contributed by atoms with Crippen molar-refractivity contribution in [2.45, 2.75) is 26.2 Å². The number of hydrogen-bond donors (Lipinski definition) is 0. The fourth-order valence-electron chi connectivity index (χ4n) is 3.74. The third kappa shape index (κ3) is 4.51. The molecule has 0 N–H and O–H groups in total. The van der Waals surface area contributed by atoms with Crippen LogP contribution in [-0.2, 0) is 4.74 Å². The van der Waals surface area contributed by atoms with Gasteiger partial charge in [-0.1, -0.05) is 48.5 Å². The molecule has 1 atom stereocenters. The first-order valence-corrected chi connectivity index (χ1v) is 10.1. The van der Waals surface area contributed by atoms with Gasteiger partial charge in [-0.05, 0) is 44.0 Å². The number of ketones is 1. The molecule has 4 rings (SSSR count). The van der Waals surface area contributed by atoms with E-state index in [1.54, 1.807) is 36.5 Å². The molecule has 3 aromatic rings. The first-order chi connectivity index (χ1) is 15.0. The number of esters is 1. The normalized spacial score (nSPS) is 15.9. The zero-order valence-electron chi connectivity index (χ0n) is 17.4. The Balaban J connectivity index is 1.67. The van der Waals surface area contributed by atoms with Gasteiger partial charge in [0.2, 0.25) is 0 Å². The zero-order chi connectivity index (χ0) is 21.8. The summed E-state index contributed by atoms with van der Waals surface area (Å²) in [5.41, 5.74) is 4.12. The molecule has 0 spiro atoms. The van der Waals surface area contributed by atoms with Crippen LogP contribution in [0.2, 0.25) is 0 Å². The van der Waals surface area contributed by atoms with Crippen LogP contribution >= 0.6 is 0 Å². The van der Waals surface area contributed by atoms with Crippen molar-refractivity contribution >= 4 is 17.5 Å². The van der Waals surface area contributed by atoms with Gasteiger partial charge in [0.1, 0.15) is 5.76 Å². The Morgan fingerprint density at radius 1 is 0.903 bits per heavy atom. The summed E-state index contributed by atoms with van der Waals surface area (Å²) in [5, 5.41) is 0. The van der Waals surface area contributed by atoms with Gasteiger partial charge >= 0.3 is 5.97 Å². The van der Waals surface area contributed by atoms with E-state index >= 15 is 0 Å². The molecule has 31 heavy (non-hydrogen) atoms. The highest BCUT2D eigenvalue weighted by Gasteiger charge is 2.28. The number of rotatable bonds is 5. The van der Waals surface area contributed by atoms with E-state index in [-0.39, 0.29) is 11.7 Å². The second-order valence-electron chi connectivity index (χ2n) is 7.51. The maximum Gasteiger partial charge on any atom is 0.344 e. The van der Waals surface area contributed by atoms with Crippen LogP contribution in [0.1, 0.15) is 58.0 Å². The topological polar surface area (TPSA) is 68.6 Å². The van der Waals surface area contributed by atoms with E-state index < -0.39 is 5.97 Å². The van der Waals surface area contributed by atoms with Gasteiger partial charge in [0.25, 0.3) is 0 Å². The van der Waals surface area contributed by atoms with Crippen molar-refractivity contribution in [2.75, 3.05) is 0 Å². The van der Waals surface area contributed by atoms with Gasteiger partial charge in [-0.3, -0.25) is 14.8 Å². The molecular formula is C26H22N2O3. The number of aliphatic imine (C=N–C) groups is 1. The second-order valence-corrected chi connectivity index (χ2v) is 7.51. The van der Waals surface area contributed by atoms with Crippen LogP contribution in [0.4, 0.5) is 0 Å². The minimum Gasteiger partial charge on any atom is -0.425 e. The van der Waals surface area contributed by atoms with Crippen LogP contribution in [0.3, 0.4) is 0 Å². The molecule has 0 bridgehead atoms.